The third-order valence-electron chi connectivity index (χ3n) is 5.85. The van der Waals surface area contributed by atoms with Crippen molar-refractivity contribution >= 4 is 5.91 Å². The number of piperidine rings is 1. The van der Waals surface area contributed by atoms with Crippen LogP contribution in [-0.4, -0.2) is 33.7 Å². The van der Waals surface area contributed by atoms with Crippen LogP contribution in [0.2, 0.25) is 0 Å². The second kappa shape index (κ2) is 7.03. The summed E-state index contributed by atoms with van der Waals surface area (Å²) in [7, 11) is 0. The zero-order valence-corrected chi connectivity index (χ0v) is 15.0. The quantitative estimate of drug-likeness (QED) is 0.846. The average molecular weight is 337 g/mol. The molecule has 4 rings (SSSR count). The molecule has 4 nitrogen and oxygen atoms in total. The van der Waals surface area contributed by atoms with Crippen LogP contribution in [0.5, 0.6) is 0 Å². The first-order valence-corrected chi connectivity index (χ1v) is 9.61. The number of carbonyl (C=O) groups is 1. The second-order valence-electron chi connectivity index (χ2n) is 7.64. The fourth-order valence-corrected chi connectivity index (χ4v) is 4.32. The predicted molar refractivity (Wildman–Crippen MR) is 98.8 cm³/mol. The maximum absolute atomic E-state index is 12.6. The van der Waals surface area contributed by atoms with Crippen molar-refractivity contribution in [1.82, 2.24) is 14.7 Å². The van der Waals surface area contributed by atoms with E-state index in [1.807, 2.05) is 10.9 Å². The van der Waals surface area contributed by atoms with Gasteiger partial charge in [0.25, 0.3) is 0 Å². The smallest absolute Gasteiger partial charge is 0.225 e. The van der Waals surface area contributed by atoms with E-state index in [-0.39, 0.29) is 0 Å². The second-order valence-corrected chi connectivity index (χ2v) is 7.64. The van der Waals surface area contributed by atoms with E-state index < -0.39 is 0 Å². The molecule has 1 aliphatic heterocycles. The Hall–Kier alpha value is -2.10. The minimum absolute atomic E-state index is 0.306. The highest BCUT2D eigenvalue weighted by Gasteiger charge is 2.30. The van der Waals surface area contributed by atoms with E-state index >= 15 is 0 Å². The number of nitrogens with zero attached hydrogens (tertiary/aromatic N) is 3. The number of carbonyl (C=O) groups excluding carboxylic acids is 1. The van der Waals surface area contributed by atoms with E-state index in [4.69, 9.17) is 0 Å². The van der Waals surface area contributed by atoms with E-state index in [1.54, 1.807) is 0 Å². The zero-order valence-electron chi connectivity index (χ0n) is 15.0. The summed E-state index contributed by atoms with van der Waals surface area (Å²) in [5, 5.41) is 4.56. The summed E-state index contributed by atoms with van der Waals surface area (Å²) in [6.07, 6.45) is 10.9. The average Bonchev–Trinajstić information content (AvgIpc) is 3.33. The fraction of sp³-hybridized carbons (Fsp3) is 0.524. The first-order valence-electron chi connectivity index (χ1n) is 9.61. The van der Waals surface area contributed by atoms with Crippen LogP contribution in [0.3, 0.4) is 0 Å². The first-order chi connectivity index (χ1) is 12.2. The molecule has 0 N–H and O–H groups in total. The van der Waals surface area contributed by atoms with Crippen molar-refractivity contribution in [2.24, 2.45) is 5.92 Å². The summed E-state index contributed by atoms with van der Waals surface area (Å²) in [4.78, 5) is 14.7. The Balaban J connectivity index is 1.39. The molecule has 2 heterocycles. The summed E-state index contributed by atoms with van der Waals surface area (Å²) >= 11 is 0. The van der Waals surface area contributed by atoms with Crippen LogP contribution in [-0.2, 0) is 4.79 Å². The summed E-state index contributed by atoms with van der Waals surface area (Å²) in [5.74, 6) is 1.23. The van der Waals surface area contributed by atoms with Gasteiger partial charge in [-0.25, -0.2) is 4.68 Å². The summed E-state index contributed by atoms with van der Waals surface area (Å²) in [6.45, 7) is 3.90. The Morgan fingerprint density at radius 3 is 2.60 bits per heavy atom. The molecule has 1 saturated heterocycles. The van der Waals surface area contributed by atoms with E-state index in [1.165, 1.54) is 24.0 Å². The number of rotatable bonds is 3. The molecule has 2 fully saturated rings. The Labute approximate surface area is 149 Å². The number of hydrogen-bond donors (Lipinski definition) is 0. The fourth-order valence-electron chi connectivity index (χ4n) is 4.32. The Morgan fingerprint density at radius 2 is 1.88 bits per heavy atom. The summed E-state index contributed by atoms with van der Waals surface area (Å²) in [6, 6.07) is 8.41. The number of aryl methyl sites for hydroxylation is 1. The standard InChI is InChI=1S/C21H27N3O/c1-16-5-4-8-20(13-16)24-15-19(14-22-24)17-9-11-23(12-10-17)21(25)18-6-2-3-7-18/h4-5,8,13-15,17-18H,2-3,6-7,9-12H2,1H3. The van der Waals surface area contributed by atoms with Crippen LogP contribution in [0, 0.1) is 12.8 Å². The van der Waals surface area contributed by atoms with Gasteiger partial charge in [-0.05, 0) is 61.8 Å². The van der Waals surface area contributed by atoms with Gasteiger partial charge in [-0.15, -0.1) is 0 Å². The van der Waals surface area contributed by atoms with Gasteiger partial charge >= 0.3 is 0 Å². The van der Waals surface area contributed by atoms with E-state index in [0.29, 0.717) is 17.7 Å². The van der Waals surface area contributed by atoms with Crippen LogP contribution in [0.4, 0.5) is 0 Å². The molecular weight excluding hydrogens is 310 g/mol. The minimum Gasteiger partial charge on any atom is -0.342 e. The van der Waals surface area contributed by atoms with Crippen LogP contribution >= 0.6 is 0 Å². The normalized spacial score (nSPS) is 19.5. The summed E-state index contributed by atoms with van der Waals surface area (Å²) in [5.41, 5.74) is 3.66. The van der Waals surface area contributed by atoms with Gasteiger partial charge in [0, 0.05) is 25.2 Å². The van der Waals surface area contributed by atoms with E-state index in [2.05, 4.69) is 47.4 Å². The van der Waals surface area contributed by atoms with Gasteiger partial charge < -0.3 is 4.90 Å². The van der Waals surface area contributed by atoms with Crippen molar-refractivity contribution in [3.63, 3.8) is 0 Å². The SMILES string of the molecule is Cc1cccc(-n2cc(C3CCN(C(=O)C4CCCC4)CC3)cn2)c1. The van der Waals surface area contributed by atoms with E-state index in [9.17, 15) is 4.79 Å². The van der Waals surface area contributed by atoms with Gasteiger partial charge in [-0.3, -0.25) is 4.79 Å². The Kier molecular flexibility index (Phi) is 4.60. The molecule has 0 unspecified atom stereocenters. The third-order valence-corrected chi connectivity index (χ3v) is 5.85. The number of aromatic nitrogens is 2. The number of benzene rings is 1. The van der Waals surface area contributed by atoms with Gasteiger partial charge in [0.1, 0.15) is 0 Å². The maximum Gasteiger partial charge on any atom is 0.225 e. The van der Waals surface area contributed by atoms with Gasteiger partial charge in [0.05, 0.1) is 11.9 Å². The minimum atomic E-state index is 0.306. The van der Waals surface area contributed by atoms with E-state index in [0.717, 1.165) is 44.5 Å². The molecule has 0 spiro atoms. The van der Waals surface area contributed by atoms with Gasteiger partial charge in [0.15, 0.2) is 0 Å². The maximum atomic E-state index is 12.6. The highest BCUT2D eigenvalue weighted by molar-refractivity contribution is 5.79. The largest absolute Gasteiger partial charge is 0.342 e. The van der Waals surface area contributed by atoms with Crippen molar-refractivity contribution in [1.29, 1.82) is 0 Å². The van der Waals surface area contributed by atoms with Crippen LogP contribution < -0.4 is 0 Å². The van der Waals surface area contributed by atoms with Gasteiger partial charge in [0.2, 0.25) is 5.91 Å². The van der Waals surface area contributed by atoms with Gasteiger partial charge in [-0.2, -0.15) is 5.10 Å². The lowest BCUT2D eigenvalue weighted by molar-refractivity contribution is -0.136. The highest BCUT2D eigenvalue weighted by Crippen LogP contribution is 2.32. The molecule has 25 heavy (non-hydrogen) atoms. The molecule has 1 aliphatic carbocycles. The topological polar surface area (TPSA) is 38.1 Å². The molecule has 0 atom stereocenters. The molecule has 2 aromatic rings. The lowest BCUT2D eigenvalue weighted by atomic mass is 9.91. The first kappa shape index (κ1) is 16.4. The molecule has 1 amide bonds. The summed E-state index contributed by atoms with van der Waals surface area (Å²) < 4.78 is 1.97. The predicted octanol–water partition coefficient (Wildman–Crippen LogP) is 4.08. The van der Waals surface area contributed by atoms with Crippen LogP contribution in [0.25, 0.3) is 5.69 Å². The van der Waals surface area contributed by atoms with Crippen molar-refractivity contribution in [2.75, 3.05) is 13.1 Å². The highest BCUT2D eigenvalue weighted by atomic mass is 16.2. The van der Waals surface area contributed by atoms with Gasteiger partial charge in [-0.1, -0.05) is 25.0 Å². The molecule has 132 valence electrons. The van der Waals surface area contributed by atoms with Crippen molar-refractivity contribution in [3.05, 3.63) is 47.8 Å². The zero-order chi connectivity index (χ0) is 17.2. The van der Waals surface area contributed by atoms with Crippen LogP contribution in [0.15, 0.2) is 36.7 Å². The number of likely N-dealkylation sites (tertiary alicyclic amines) is 1. The van der Waals surface area contributed by atoms with Crippen molar-refractivity contribution in [2.45, 2.75) is 51.4 Å². The molecule has 1 aromatic carbocycles. The molecule has 2 aliphatic rings. The lowest BCUT2D eigenvalue weighted by Gasteiger charge is -2.33. The number of amides is 1. The van der Waals surface area contributed by atoms with Crippen molar-refractivity contribution in [3.8, 4) is 5.69 Å². The molecular formula is C21H27N3O. The Morgan fingerprint density at radius 1 is 1.12 bits per heavy atom. The molecule has 1 saturated carbocycles. The molecule has 0 bridgehead atoms. The molecule has 0 radical (unpaired) electrons. The molecule has 1 aromatic heterocycles. The number of hydrogen-bond acceptors (Lipinski definition) is 2. The van der Waals surface area contributed by atoms with Crippen LogP contribution in [0.1, 0.15) is 55.6 Å². The monoisotopic (exact) mass is 337 g/mol. The molecule has 4 heteroatoms. The Bertz CT molecular complexity index is 737. The lowest BCUT2D eigenvalue weighted by Crippen LogP contribution is -2.40. The van der Waals surface area contributed by atoms with Crippen molar-refractivity contribution < 1.29 is 4.79 Å². The third kappa shape index (κ3) is 3.48.